The number of hydrogen-bond donors (Lipinski definition) is 2. The van der Waals surface area contributed by atoms with E-state index < -0.39 is 0 Å². The molecule has 1 aromatic heterocycles. The number of anilines is 2. The molecule has 0 bridgehead atoms. The van der Waals surface area contributed by atoms with Crippen LogP contribution in [-0.2, 0) is 0 Å². The lowest BCUT2D eigenvalue weighted by Crippen LogP contribution is -2.15. The van der Waals surface area contributed by atoms with Crippen LogP contribution in [0.3, 0.4) is 0 Å². The molecular weight excluding hydrogens is 379 g/mol. The van der Waals surface area contributed by atoms with Gasteiger partial charge >= 0.3 is 0 Å². The van der Waals surface area contributed by atoms with E-state index in [4.69, 9.17) is 11.6 Å². The van der Waals surface area contributed by atoms with Crippen molar-refractivity contribution in [2.75, 3.05) is 17.7 Å². The molecule has 1 amide bonds. The molecule has 0 saturated carbocycles. The van der Waals surface area contributed by atoms with Crippen LogP contribution in [0.5, 0.6) is 0 Å². The second-order valence-corrected chi connectivity index (χ2v) is 5.21. The lowest BCUT2D eigenvalue weighted by molar-refractivity contribution is 0.102. The van der Waals surface area contributed by atoms with Gasteiger partial charge in [-0.15, -0.1) is 0 Å². The first kappa shape index (κ1) is 14.0. The molecular formula is C12H10ClIN4O. The van der Waals surface area contributed by atoms with Gasteiger partial charge in [-0.1, -0.05) is 11.6 Å². The molecule has 0 unspecified atom stereocenters. The third kappa shape index (κ3) is 3.54. The number of nitrogens with one attached hydrogen (secondary N) is 2. The van der Waals surface area contributed by atoms with Gasteiger partial charge in [0.05, 0.1) is 18.1 Å². The number of hydrogen-bond acceptors (Lipinski definition) is 4. The van der Waals surface area contributed by atoms with Crippen LogP contribution >= 0.6 is 34.2 Å². The summed E-state index contributed by atoms with van der Waals surface area (Å²) < 4.78 is 0.859. The summed E-state index contributed by atoms with van der Waals surface area (Å²) in [4.78, 5) is 20.0. The Morgan fingerprint density at radius 1 is 1.32 bits per heavy atom. The number of halogens is 2. The first-order valence-corrected chi connectivity index (χ1v) is 6.82. The third-order valence-electron chi connectivity index (χ3n) is 2.32. The van der Waals surface area contributed by atoms with E-state index in [1.807, 2.05) is 0 Å². The monoisotopic (exact) mass is 388 g/mol. The maximum absolute atomic E-state index is 12.0. The average molecular weight is 389 g/mol. The molecule has 0 radical (unpaired) electrons. The Balaban J connectivity index is 2.15. The molecule has 0 saturated heterocycles. The van der Waals surface area contributed by atoms with Crippen LogP contribution < -0.4 is 10.6 Å². The maximum Gasteiger partial charge on any atom is 0.275 e. The SMILES string of the molecule is CNc1cnc(C(=O)Nc2ccc(Cl)cc2I)cn1. The fourth-order valence-corrected chi connectivity index (χ4v) is 2.36. The highest BCUT2D eigenvalue weighted by Gasteiger charge is 2.10. The maximum atomic E-state index is 12.0. The molecule has 5 nitrogen and oxygen atoms in total. The summed E-state index contributed by atoms with van der Waals surface area (Å²) in [6.45, 7) is 0. The smallest absolute Gasteiger partial charge is 0.275 e. The Bertz CT molecular complexity index is 603. The first-order chi connectivity index (χ1) is 9.10. The lowest BCUT2D eigenvalue weighted by Gasteiger charge is -2.07. The zero-order valence-corrected chi connectivity index (χ0v) is 12.9. The Labute approximate surface area is 128 Å². The van der Waals surface area contributed by atoms with Crippen molar-refractivity contribution >= 4 is 51.6 Å². The van der Waals surface area contributed by atoms with Crippen LogP contribution in [0.4, 0.5) is 11.5 Å². The fraction of sp³-hybridized carbons (Fsp3) is 0.0833. The quantitative estimate of drug-likeness (QED) is 0.793. The summed E-state index contributed by atoms with van der Waals surface area (Å²) in [7, 11) is 1.74. The van der Waals surface area contributed by atoms with Gasteiger partial charge in [0.15, 0.2) is 0 Å². The molecule has 0 atom stereocenters. The van der Waals surface area contributed by atoms with Crippen molar-refractivity contribution in [2.24, 2.45) is 0 Å². The van der Waals surface area contributed by atoms with Crippen molar-refractivity contribution in [2.45, 2.75) is 0 Å². The van der Waals surface area contributed by atoms with Crippen LogP contribution in [-0.4, -0.2) is 22.9 Å². The molecule has 0 aliphatic carbocycles. The van der Waals surface area contributed by atoms with E-state index in [-0.39, 0.29) is 11.6 Å². The van der Waals surface area contributed by atoms with Gasteiger partial charge in [0.2, 0.25) is 0 Å². The topological polar surface area (TPSA) is 66.9 Å². The van der Waals surface area contributed by atoms with Crippen molar-refractivity contribution in [3.05, 3.63) is 44.9 Å². The van der Waals surface area contributed by atoms with E-state index in [1.165, 1.54) is 12.4 Å². The van der Waals surface area contributed by atoms with Crippen molar-refractivity contribution in [3.8, 4) is 0 Å². The molecule has 7 heteroatoms. The molecule has 2 rings (SSSR count). The summed E-state index contributed by atoms with van der Waals surface area (Å²) >= 11 is 7.96. The summed E-state index contributed by atoms with van der Waals surface area (Å²) in [6, 6.07) is 5.24. The molecule has 0 fully saturated rings. The van der Waals surface area contributed by atoms with Crippen LogP contribution in [0.2, 0.25) is 5.02 Å². The van der Waals surface area contributed by atoms with Gasteiger partial charge in [-0.05, 0) is 40.8 Å². The molecule has 1 heterocycles. The van der Waals surface area contributed by atoms with E-state index in [0.717, 1.165) is 3.57 Å². The largest absolute Gasteiger partial charge is 0.372 e. The third-order valence-corrected chi connectivity index (χ3v) is 3.45. The Hall–Kier alpha value is -1.41. The van der Waals surface area contributed by atoms with Crippen LogP contribution in [0.1, 0.15) is 10.5 Å². The number of aromatic nitrogens is 2. The van der Waals surface area contributed by atoms with Crippen molar-refractivity contribution in [1.82, 2.24) is 9.97 Å². The van der Waals surface area contributed by atoms with Crippen molar-refractivity contribution in [1.29, 1.82) is 0 Å². The van der Waals surface area contributed by atoms with E-state index in [1.54, 1.807) is 25.2 Å². The number of benzene rings is 1. The number of rotatable bonds is 3. The molecule has 19 heavy (non-hydrogen) atoms. The summed E-state index contributed by atoms with van der Waals surface area (Å²) in [5, 5.41) is 6.23. The van der Waals surface area contributed by atoms with Gasteiger partial charge in [-0.3, -0.25) is 4.79 Å². The minimum Gasteiger partial charge on any atom is -0.372 e. The number of nitrogens with zero attached hydrogens (tertiary/aromatic N) is 2. The van der Waals surface area contributed by atoms with Gasteiger partial charge in [-0.25, -0.2) is 9.97 Å². The van der Waals surface area contributed by atoms with Gasteiger partial charge in [0.25, 0.3) is 5.91 Å². The van der Waals surface area contributed by atoms with Crippen LogP contribution in [0, 0.1) is 3.57 Å². The van der Waals surface area contributed by atoms with Crippen molar-refractivity contribution < 1.29 is 4.79 Å². The molecule has 0 aliphatic rings. The fourth-order valence-electron chi connectivity index (χ4n) is 1.35. The Morgan fingerprint density at radius 3 is 2.68 bits per heavy atom. The van der Waals surface area contributed by atoms with Gasteiger partial charge < -0.3 is 10.6 Å². The predicted molar refractivity (Wildman–Crippen MR) is 83.7 cm³/mol. The molecule has 0 spiro atoms. The van der Waals surface area contributed by atoms with Crippen molar-refractivity contribution in [3.63, 3.8) is 0 Å². The lowest BCUT2D eigenvalue weighted by atomic mass is 10.3. The second-order valence-electron chi connectivity index (χ2n) is 3.62. The van der Waals surface area contributed by atoms with Gasteiger partial charge in [-0.2, -0.15) is 0 Å². The highest BCUT2D eigenvalue weighted by atomic mass is 127. The molecule has 98 valence electrons. The second kappa shape index (κ2) is 6.16. The average Bonchev–Trinajstić information content (AvgIpc) is 2.42. The van der Waals surface area contributed by atoms with Gasteiger partial charge in [0.1, 0.15) is 11.5 Å². The standard InChI is InChI=1S/C12H10ClIN4O/c1-15-11-6-16-10(5-17-11)12(19)18-9-3-2-7(13)4-8(9)14/h2-6H,1H3,(H,15,17)(H,18,19). The van der Waals surface area contributed by atoms with E-state index in [9.17, 15) is 4.79 Å². The number of amides is 1. The normalized spacial score (nSPS) is 10.1. The van der Waals surface area contributed by atoms with E-state index >= 15 is 0 Å². The molecule has 2 aromatic rings. The summed E-state index contributed by atoms with van der Waals surface area (Å²) in [6.07, 6.45) is 2.92. The Morgan fingerprint density at radius 2 is 2.11 bits per heavy atom. The highest BCUT2D eigenvalue weighted by Crippen LogP contribution is 2.22. The number of carbonyl (C=O) groups excluding carboxylic acids is 1. The van der Waals surface area contributed by atoms with Gasteiger partial charge in [0, 0.05) is 15.6 Å². The molecule has 1 aromatic carbocycles. The highest BCUT2D eigenvalue weighted by molar-refractivity contribution is 14.1. The summed E-state index contributed by atoms with van der Waals surface area (Å²) in [5.74, 6) is 0.299. The molecule has 2 N–H and O–H groups in total. The zero-order chi connectivity index (χ0) is 13.8. The first-order valence-electron chi connectivity index (χ1n) is 5.36. The van der Waals surface area contributed by atoms with Crippen LogP contribution in [0.25, 0.3) is 0 Å². The zero-order valence-electron chi connectivity index (χ0n) is 9.95. The summed E-state index contributed by atoms with van der Waals surface area (Å²) in [5.41, 5.74) is 0.944. The predicted octanol–water partition coefficient (Wildman–Crippen LogP) is 3.03. The number of carbonyl (C=O) groups is 1. The minimum atomic E-state index is -0.310. The van der Waals surface area contributed by atoms with Crippen LogP contribution in [0.15, 0.2) is 30.6 Å². The van der Waals surface area contributed by atoms with E-state index in [0.29, 0.717) is 16.5 Å². The minimum absolute atomic E-state index is 0.254. The molecule has 0 aliphatic heterocycles. The van der Waals surface area contributed by atoms with E-state index in [2.05, 4.69) is 43.2 Å². The Kier molecular flexibility index (Phi) is 4.54.